The second-order valence-corrected chi connectivity index (χ2v) is 2.75. The minimum atomic E-state index is -0.430. The number of anilines is 1. The van der Waals surface area contributed by atoms with Gasteiger partial charge in [-0.15, -0.1) is 0 Å². The number of aromatic nitrogens is 4. The quantitative estimate of drug-likeness (QED) is 0.645. The lowest BCUT2D eigenvalue weighted by Crippen LogP contribution is -2.14. The molecule has 7 nitrogen and oxygen atoms in total. The van der Waals surface area contributed by atoms with Gasteiger partial charge in [-0.05, 0) is 0 Å². The lowest BCUT2D eigenvalue weighted by molar-refractivity contribution is 0.111. The molecule has 2 aromatic rings. The van der Waals surface area contributed by atoms with Crippen LogP contribution < -0.4 is 10.9 Å². The van der Waals surface area contributed by atoms with Gasteiger partial charge >= 0.3 is 0 Å². The minimum absolute atomic E-state index is 0.0543. The molecular formula is C8H7N5O2. The van der Waals surface area contributed by atoms with Crippen molar-refractivity contribution in [2.45, 2.75) is 0 Å². The number of carbonyl (C=O) groups excluding carboxylic acids is 1. The normalized spacial score (nSPS) is 10.2. The first-order chi connectivity index (χ1) is 7.24. The molecule has 0 saturated carbocycles. The summed E-state index contributed by atoms with van der Waals surface area (Å²) in [6.45, 7) is 0. The zero-order chi connectivity index (χ0) is 10.8. The maximum absolute atomic E-state index is 11.5. The molecule has 0 atom stereocenters. The molecule has 15 heavy (non-hydrogen) atoms. The van der Waals surface area contributed by atoms with E-state index in [-0.39, 0.29) is 16.9 Å². The SMILES string of the molecule is CNc1nc2ncc(C=O)nc2c(=O)[nH]1. The molecule has 0 amide bonds. The van der Waals surface area contributed by atoms with Crippen molar-refractivity contribution in [3.8, 4) is 0 Å². The number of H-pyrrole nitrogens is 1. The highest BCUT2D eigenvalue weighted by Gasteiger charge is 2.06. The van der Waals surface area contributed by atoms with Crippen molar-refractivity contribution in [3.05, 3.63) is 22.2 Å². The number of rotatable bonds is 2. The molecule has 2 aromatic heterocycles. The van der Waals surface area contributed by atoms with Gasteiger partial charge in [0.05, 0.1) is 6.20 Å². The third-order valence-electron chi connectivity index (χ3n) is 1.79. The van der Waals surface area contributed by atoms with Crippen molar-refractivity contribution in [1.82, 2.24) is 19.9 Å². The molecule has 0 bridgehead atoms. The molecule has 2 N–H and O–H groups in total. The van der Waals surface area contributed by atoms with E-state index in [1.54, 1.807) is 7.05 Å². The summed E-state index contributed by atoms with van der Waals surface area (Å²) in [7, 11) is 1.62. The van der Waals surface area contributed by atoms with Gasteiger partial charge in [-0.1, -0.05) is 0 Å². The van der Waals surface area contributed by atoms with Gasteiger partial charge in [-0.3, -0.25) is 14.6 Å². The van der Waals surface area contributed by atoms with E-state index in [0.717, 1.165) is 0 Å². The van der Waals surface area contributed by atoms with Crippen LogP contribution in [0.2, 0.25) is 0 Å². The summed E-state index contributed by atoms with van der Waals surface area (Å²) in [6, 6.07) is 0. The number of nitrogens with zero attached hydrogens (tertiary/aromatic N) is 3. The van der Waals surface area contributed by atoms with Crippen LogP contribution in [0, 0.1) is 0 Å². The van der Waals surface area contributed by atoms with Crippen LogP contribution in [0.4, 0.5) is 5.95 Å². The summed E-state index contributed by atoms with van der Waals surface area (Å²) in [5, 5.41) is 2.68. The average molecular weight is 205 g/mol. The van der Waals surface area contributed by atoms with Crippen molar-refractivity contribution in [2.24, 2.45) is 0 Å². The first-order valence-electron chi connectivity index (χ1n) is 4.14. The lowest BCUT2D eigenvalue weighted by Gasteiger charge is -1.99. The predicted octanol–water partition coefficient (Wildman–Crippen LogP) is -0.433. The highest BCUT2D eigenvalue weighted by atomic mass is 16.1. The van der Waals surface area contributed by atoms with Crippen LogP contribution in [0.15, 0.2) is 11.0 Å². The van der Waals surface area contributed by atoms with Gasteiger partial charge in [0.15, 0.2) is 17.5 Å². The number of hydrogen-bond acceptors (Lipinski definition) is 6. The first kappa shape index (κ1) is 9.25. The van der Waals surface area contributed by atoms with Crippen molar-refractivity contribution in [1.29, 1.82) is 0 Å². The Morgan fingerprint density at radius 3 is 2.93 bits per heavy atom. The van der Waals surface area contributed by atoms with Crippen LogP contribution in [0.5, 0.6) is 0 Å². The van der Waals surface area contributed by atoms with Gasteiger partial charge in [-0.2, -0.15) is 4.98 Å². The van der Waals surface area contributed by atoms with Crippen molar-refractivity contribution >= 4 is 23.4 Å². The monoisotopic (exact) mass is 205 g/mol. The summed E-state index contributed by atoms with van der Waals surface area (Å²) < 4.78 is 0. The Kier molecular flexibility index (Phi) is 2.13. The van der Waals surface area contributed by atoms with Crippen LogP contribution in [0.25, 0.3) is 11.2 Å². The number of aldehydes is 1. The van der Waals surface area contributed by atoms with Gasteiger partial charge in [0, 0.05) is 7.05 Å². The average Bonchev–Trinajstić information content (AvgIpc) is 2.28. The maximum atomic E-state index is 11.5. The largest absolute Gasteiger partial charge is 0.359 e. The Bertz CT molecular complexity index is 577. The summed E-state index contributed by atoms with van der Waals surface area (Å²) in [6.07, 6.45) is 1.79. The molecule has 7 heteroatoms. The number of hydrogen-bond donors (Lipinski definition) is 2. The van der Waals surface area contributed by atoms with E-state index in [4.69, 9.17) is 0 Å². The Morgan fingerprint density at radius 2 is 2.27 bits per heavy atom. The minimum Gasteiger partial charge on any atom is -0.359 e. The zero-order valence-electron chi connectivity index (χ0n) is 7.81. The smallest absolute Gasteiger partial charge is 0.280 e. The van der Waals surface area contributed by atoms with E-state index in [1.807, 2.05) is 0 Å². The van der Waals surface area contributed by atoms with E-state index in [1.165, 1.54) is 6.20 Å². The van der Waals surface area contributed by atoms with E-state index in [2.05, 4.69) is 25.3 Å². The molecule has 0 radical (unpaired) electrons. The molecule has 0 fully saturated rings. The fourth-order valence-corrected chi connectivity index (χ4v) is 1.11. The molecule has 0 aromatic carbocycles. The third kappa shape index (κ3) is 1.54. The van der Waals surface area contributed by atoms with Gasteiger partial charge in [-0.25, -0.2) is 9.97 Å². The summed E-state index contributed by atoms with van der Waals surface area (Å²) in [5.74, 6) is 0.306. The molecule has 0 unspecified atom stereocenters. The highest BCUT2D eigenvalue weighted by Crippen LogP contribution is 2.02. The van der Waals surface area contributed by atoms with Crippen molar-refractivity contribution in [3.63, 3.8) is 0 Å². The number of aromatic amines is 1. The summed E-state index contributed by atoms with van der Waals surface area (Å²) in [4.78, 5) is 36.0. The Balaban J connectivity index is 2.79. The predicted molar refractivity (Wildman–Crippen MR) is 52.9 cm³/mol. The lowest BCUT2D eigenvalue weighted by atomic mass is 10.4. The first-order valence-corrected chi connectivity index (χ1v) is 4.14. The second-order valence-electron chi connectivity index (χ2n) is 2.75. The molecule has 2 rings (SSSR count). The van der Waals surface area contributed by atoms with Crippen LogP contribution in [0.1, 0.15) is 10.5 Å². The van der Waals surface area contributed by atoms with Gasteiger partial charge in [0.2, 0.25) is 5.95 Å². The molecule has 76 valence electrons. The van der Waals surface area contributed by atoms with Crippen molar-refractivity contribution in [2.75, 3.05) is 12.4 Å². The summed E-state index contributed by atoms with van der Waals surface area (Å²) in [5.41, 5.74) is -0.0696. The van der Waals surface area contributed by atoms with Crippen LogP contribution in [-0.4, -0.2) is 33.3 Å². The van der Waals surface area contributed by atoms with Gasteiger partial charge < -0.3 is 5.32 Å². The molecule has 2 heterocycles. The topological polar surface area (TPSA) is 101 Å². The van der Waals surface area contributed by atoms with E-state index in [9.17, 15) is 9.59 Å². The van der Waals surface area contributed by atoms with Crippen LogP contribution in [0.3, 0.4) is 0 Å². The number of nitrogens with one attached hydrogen (secondary N) is 2. The van der Waals surface area contributed by atoms with Crippen LogP contribution in [-0.2, 0) is 0 Å². The number of fused-ring (bicyclic) bond motifs is 1. The van der Waals surface area contributed by atoms with E-state index in [0.29, 0.717) is 12.2 Å². The standard InChI is InChI=1S/C8H7N5O2/c1-9-8-12-6-5(7(15)13-8)11-4(3-14)2-10-6/h2-3H,1H3,(H2,9,10,12,13,15). The molecule has 0 aliphatic rings. The van der Waals surface area contributed by atoms with Crippen molar-refractivity contribution < 1.29 is 4.79 Å². The molecule has 0 spiro atoms. The molecular weight excluding hydrogens is 198 g/mol. The summed E-state index contributed by atoms with van der Waals surface area (Å²) >= 11 is 0. The second kappa shape index (κ2) is 3.45. The Hall–Kier alpha value is -2.31. The molecule has 0 saturated heterocycles. The third-order valence-corrected chi connectivity index (χ3v) is 1.79. The fourth-order valence-electron chi connectivity index (χ4n) is 1.11. The fraction of sp³-hybridized carbons (Fsp3) is 0.125. The van der Waals surface area contributed by atoms with E-state index < -0.39 is 5.56 Å². The van der Waals surface area contributed by atoms with Gasteiger partial charge in [0.25, 0.3) is 5.56 Å². The Morgan fingerprint density at radius 1 is 1.47 bits per heavy atom. The maximum Gasteiger partial charge on any atom is 0.280 e. The zero-order valence-corrected chi connectivity index (χ0v) is 7.81. The number of carbonyl (C=O) groups is 1. The molecule has 0 aliphatic heterocycles. The Labute approximate surface area is 83.6 Å². The van der Waals surface area contributed by atoms with Gasteiger partial charge in [0.1, 0.15) is 5.69 Å². The van der Waals surface area contributed by atoms with E-state index >= 15 is 0 Å². The molecule has 0 aliphatic carbocycles. The highest BCUT2D eigenvalue weighted by molar-refractivity contribution is 5.77. The van der Waals surface area contributed by atoms with Crippen LogP contribution >= 0.6 is 0 Å².